The van der Waals surface area contributed by atoms with Gasteiger partial charge in [0.25, 0.3) is 0 Å². The van der Waals surface area contributed by atoms with Crippen molar-refractivity contribution in [3.63, 3.8) is 0 Å². The van der Waals surface area contributed by atoms with Crippen LogP contribution < -0.4 is 11.5 Å². The van der Waals surface area contributed by atoms with Crippen LogP contribution in [0.5, 0.6) is 0 Å². The number of aromatic nitrogens is 2. The average molecular weight is 172 g/mol. The quantitative estimate of drug-likeness (QED) is 0.534. The summed E-state index contributed by atoms with van der Waals surface area (Å²) in [6, 6.07) is -0.617. The highest BCUT2D eigenvalue weighted by Gasteiger charge is 2.17. The normalized spacial score (nSPS) is 16.0. The van der Waals surface area contributed by atoms with Crippen LogP contribution in [0.25, 0.3) is 0 Å². The number of aliphatic hydroxyl groups is 1. The molecule has 5 N–H and O–H groups in total. The van der Waals surface area contributed by atoms with E-state index in [9.17, 15) is 0 Å². The van der Waals surface area contributed by atoms with Crippen molar-refractivity contribution in [1.29, 1.82) is 0 Å². The molecule has 0 aliphatic carbocycles. The van der Waals surface area contributed by atoms with Gasteiger partial charge in [-0.15, -0.1) is 0 Å². The number of nitrogens with zero attached hydrogens (tertiary/aromatic N) is 2. The number of hydrogen-bond acceptors (Lipinski definition) is 6. The highest BCUT2D eigenvalue weighted by Crippen LogP contribution is 2.09. The summed E-state index contributed by atoms with van der Waals surface area (Å²) in [6.45, 7) is 1.74. The summed E-state index contributed by atoms with van der Waals surface area (Å²) in [7, 11) is 0. The van der Waals surface area contributed by atoms with E-state index in [-0.39, 0.29) is 12.4 Å². The molecule has 0 saturated carbocycles. The molecule has 1 aromatic heterocycles. The standard InChI is InChI=1S/C6H12N4O2/c1-3(11)5(8)6-9-4(2-7)12-10-6/h3,5,11H,2,7-8H2,1H3. The molecule has 2 unspecified atom stereocenters. The van der Waals surface area contributed by atoms with Gasteiger partial charge in [-0.1, -0.05) is 5.16 Å². The van der Waals surface area contributed by atoms with Crippen LogP contribution >= 0.6 is 0 Å². The first-order valence-electron chi connectivity index (χ1n) is 3.61. The van der Waals surface area contributed by atoms with Crippen molar-refractivity contribution in [3.8, 4) is 0 Å². The Hall–Kier alpha value is -0.980. The first-order valence-corrected chi connectivity index (χ1v) is 3.61. The van der Waals surface area contributed by atoms with E-state index in [1.54, 1.807) is 6.92 Å². The van der Waals surface area contributed by atoms with Crippen LogP contribution in [0.3, 0.4) is 0 Å². The maximum absolute atomic E-state index is 9.08. The van der Waals surface area contributed by atoms with Crippen LogP contribution in [0.2, 0.25) is 0 Å². The summed E-state index contributed by atoms with van der Waals surface area (Å²) < 4.78 is 4.71. The molecule has 2 atom stereocenters. The van der Waals surface area contributed by atoms with Gasteiger partial charge in [0.2, 0.25) is 5.89 Å². The smallest absolute Gasteiger partial charge is 0.240 e. The average Bonchev–Trinajstić information content (AvgIpc) is 2.50. The lowest BCUT2D eigenvalue weighted by Crippen LogP contribution is -2.24. The van der Waals surface area contributed by atoms with E-state index >= 15 is 0 Å². The highest BCUT2D eigenvalue weighted by molar-refractivity contribution is 4.94. The largest absolute Gasteiger partial charge is 0.391 e. The van der Waals surface area contributed by atoms with Gasteiger partial charge in [-0.05, 0) is 6.92 Å². The van der Waals surface area contributed by atoms with E-state index in [2.05, 4.69) is 10.1 Å². The van der Waals surface area contributed by atoms with E-state index in [4.69, 9.17) is 21.1 Å². The van der Waals surface area contributed by atoms with Crippen molar-refractivity contribution in [2.24, 2.45) is 11.5 Å². The second-order valence-electron chi connectivity index (χ2n) is 2.52. The number of nitrogens with two attached hydrogens (primary N) is 2. The van der Waals surface area contributed by atoms with E-state index in [0.29, 0.717) is 5.89 Å². The molecule has 1 heterocycles. The fraction of sp³-hybridized carbons (Fsp3) is 0.667. The Labute approximate surface area is 69.6 Å². The molecule has 0 spiro atoms. The van der Waals surface area contributed by atoms with Gasteiger partial charge in [-0.2, -0.15) is 4.98 Å². The molecule has 0 fully saturated rings. The fourth-order valence-electron chi connectivity index (χ4n) is 0.702. The molecule has 1 aromatic rings. The van der Waals surface area contributed by atoms with Gasteiger partial charge < -0.3 is 21.1 Å². The molecular weight excluding hydrogens is 160 g/mol. The second-order valence-corrected chi connectivity index (χ2v) is 2.52. The number of aliphatic hydroxyl groups excluding tert-OH is 1. The van der Waals surface area contributed by atoms with E-state index in [1.165, 1.54) is 0 Å². The lowest BCUT2D eigenvalue weighted by atomic mass is 10.2. The van der Waals surface area contributed by atoms with Gasteiger partial charge in [0, 0.05) is 0 Å². The summed E-state index contributed by atoms with van der Waals surface area (Å²) >= 11 is 0. The predicted octanol–water partition coefficient (Wildman–Crippen LogP) is -1.09. The Morgan fingerprint density at radius 2 is 2.33 bits per heavy atom. The van der Waals surface area contributed by atoms with Crippen molar-refractivity contribution in [3.05, 3.63) is 11.7 Å². The summed E-state index contributed by atoms with van der Waals surface area (Å²) in [5, 5.41) is 12.6. The van der Waals surface area contributed by atoms with Crippen molar-refractivity contribution in [2.75, 3.05) is 0 Å². The summed E-state index contributed by atoms with van der Waals surface area (Å²) in [5.41, 5.74) is 10.8. The van der Waals surface area contributed by atoms with Crippen LogP contribution in [-0.4, -0.2) is 21.4 Å². The van der Waals surface area contributed by atoms with Crippen LogP contribution in [-0.2, 0) is 6.54 Å². The molecule has 0 amide bonds. The minimum absolute atomic E-state index is 0.180. The first kappa shape index (κ1) is 9.11. The summed E-state index contributed by atoms with van der Waals surface area (Å²) in [4.78, 5) is 3.86. The summed E-state index contributed by atoms with van der Waals surface area (Å²) in [6.07, 6.45) is -0.701. The first-order chi connectivity index (χ1) is 5.65. The van der Waals surface area contributed by atoms with Gasteiger partial charge in [-0.3, -0.25) is 0 Å². The molecule has 6 nitrogen and oxygen atoms in total. The SMILES string of the molecule is CC(O)C(N)c1noc(CN)n1. The van der Waals surface area contributed by atoms with Gasteiger partial charge in [0.1, 0.15) is 0 Å². The number of rotatable bonds is 3. The molecule has 6 heteroatoms. The minimum atomic E-state index is -0.701. The van der Waals surface area contributed by atoms with Crippen LogP contribution in [0.4, 0.5) is 0 Å². The molecule has 0 bridgehead atoms. The Balaban J connectivity index is 2.74. The zero-order valence-electron chi connectivity index (χ0n) is 6.77. The Bertz CT molecular complexity index is 247. The second kappa shape index (κ2) is 3.61. The van der Waals surface area contributed by atoms with Gasteiger partial charge in [0.15, 0.2) is 5.82 Å². The van der Waals surface area contributed by atoms with Crippen molar-refractivity contribution in [2.45, 2.75) is 25.6 Å². The Morgan fingerprint density at radius 1 is 1.67 bits per heavy atom. The van der Waals surface area contributed by atoms with E-state index < -0.39 is 12.1 Å². The molecule has 0 saturated heterocycles. The van der Waals surface area contributed by atoms with E-state index in [0.717, 1.165) is 0 Å². The van der Waals surface area contributed by atoms with E-state index in [1.807, 2.05) is 0 Å². The highest BCUT2D eigenvalue weighted by atomic mass is 16.5. The fourth-order valence-corrected chi connectivity index (χ4v) is 0.702. The molecule has 68 valence electrons. The molecule has 12 heavy (non-hydrogen) atoms. The van der Waals surface area contributed by atoms with Crippen molar-refractivity contribution < 1.29 is 9.63 Å². The Morgan fingerprint density at radius 3 is 2.75 bits per heavy atom. The topological polar surface area (TPSA) is 111 Å². The maximum atomic E-state index is 9.08. The third-order valence-electron chi connectivity index (χ3n) is 1.48. The predicted molar refractivity (Wildman–Crippen MR) is 40.8 cm³/mol. The zero-order chi connectivity index (χ0) is 9.14. The number of hydrogen-bond donors (Lipinski definition) is 3. The maximum Gasteiger partial charge on any atom is 0.240 e. The zero-order valence-corrected chi connectivity index (χ0v) is 6.77. The lowest BCUT2D eigenvalue weighted by molar-refractivity contribution is 0.159. The van der Waals surface area contributed by atoms with Gasteiger partial charge >= 0.3 is 0 Å². The molecule has 0 aliphatic rings. The lowest BCUT2D eigenvalue weighted by Gasteiger charge is -2.08. The van der Waals surface area contributed by atoms with Crippen molar-refractivity contribution in [1.82, 2.24) is 10.1 Å². The minimum Gasteiger partial charge on any atom is -0.391 e. The Kier molecular flexibility index (Phi) is 2.74. The monoisotopic (exact) mass is 172 g/mol. The molecule has 0 aromatic carbocycles. The molecule has 0 aliphatic heterocycles. The van der Waals surface area contributed by atoms with Gasteiger partial charge in [-0.25, -0.2) is 0 Å². The van der Waals surface area contributed by atoms with Crippen LogP contribution in [0.15, 0.2) is 4.52 Å². The molecular formula is C6H12N4O2. The third-order valence-corrected chi connectivity index (χ3v) is 1.48. The van der Waals surface area contributed by atoms with Gasteiger partial charge in [0.05, 0.1) is 18.7 Å². The molecule has 1 rings (SSSR count). The third kappa shape index (κ3) is 1.79. The van der Waals surface area contributed by atoms with Crippen molar-refractivity contribution >= 4 is 0 Å². The van der Waals surface area contributed by atoms with Crippen LogP contribution in [0, 0.1) is 0 Å². The molecule has 0 radical (unpaired) electrons. The summed E-state index contributed by atoms with van der Waals surface area (Å²) in [5.74, 6) is 0.603. The van der Waals surface area contributed by atoms with Crippen LogP contribution in [0.1, 0.15) is 24.7 Å².